The number of ether oxygens (including phenoxy) is 1. The standard InChI is InChI=1S/C30H39NO5/c1-28(2,3)23-17-21(18-24(25(23)32)29(4,5)6)26(33)31-15-13-20(14-16-31)19-30(7,27(34)35)36-22-11-9-8-10-12-22/h8-13,17-18,32H,14-16,19H2,1-7H3,(H,34,35). The summed E-state index contributed by atoms with van der Waals surface area (Å²) in [6.45, 7) is 14.6. The summed E-state index contributed by atoms with van der Waals surface area (Å²) in [6.07, 6.45) is 2.75. The molecule has 1 aliphatic rings. The van der Waals surface area contributed by atoms with Gasteiger partial charge in [0.05, 0.1) is 0 Å². The van der Waals surface area contributed by atoms with Crippen LogP contribution in [0.1, 0.15) is 82.8 Å². The molecule has 1 unspecified atom stereocenters. The second-order valence-corrected chi connectivity index (χ2v) is 11.9. The third kappa shape index (κ3) is 6.10. The van der Waals surface area contributed by atoms with E-state index in [0.29, 0.717) is 30.8 Å². The lowest BCUT2D eigenvalue weighted by Gasteiger charge is -2.32. The van der Waals surface area contributed by atoms with Crippen LogP contribution in [0.4, 0.5) is 0 Å². The maximum Gasteiger partial charge on any atom is 0.348 e. The normalized spacial score (nSPS) is 16.2. The van der Waals surface area contributed by atoms with Crippen LogP contribution in [0.3, 0.4) is 0 Å². The van der Waals surface area contributed by atoms with Gasteiger partial charge >= 0.3 is 5.97 Å². The lowest BCUT2D eigenvalue weighted by atomic mass is 9.78. The summed E-state index contributed by atoms with van der Waals surface area (Å²) < 4.78 is 5.87. The Bertz CT molecular complexity index is 1120. The number of hydrogen-bond acceptors (Lipinski definition) is 4. The number of nitrogens with zero attached hydrogens (tertiary/aromatic N) is 1. The summed E-state index contributed by atoms with van der Waals surface area (Å²) >= 11 is 0. The number of carbonyl (C=O) groups excluding carboxylic acids is 1. The maximum atomic E-state index is 13.5. The SMILES string of the molecule is CC(CC1=CCN(C(=O)c2cc(C(C)(C)C)c(O)c(C(C)(C)C)c2)CC1)(Oc1ccccc1)C(=O)O. The number of carboxylic acids is 1. The van der Waals surface area contributed by atoms with Crippen LogP contribution in [0, 0.1) is 0 Å². The first-order valence-corrected chi connectivity index (χ1v) is 12.4. The Labute approximate surface area is 214 Å². The summed E-state index contributed by atoms with van der Waals surface area (Å²) in [5.41, 5.74) is 0.965. The summed E-state index contributed by atoms with van der Waals surface area (Å²) in [4.78, 5) is 27.3. The van der Waals surface area contributed by atoms with Crippen LogP contribution in [0.25, 0.3) is 0 Å². The fourth-order valence-electron chi connectivity index (χ4n) is 4.48. The molecule has 2 aromatic rings. The fraction of sp³-hybridized carbons (Fsp3) is 0.467. The second kappa shape index (κ2) is 10.00. The Morgan fingerprint density at radius 3 is 1.94 bits per heavy atom. The number of phenolic OH excluding ortho intramolecular Hbond substituents is 1. The highest BCUT2D eigenvalue weighted by molar-refractivity contribution is 5.95. The first-order valence-electron chi connectivity index (χ1n) is 12.4. The van der Waals surface area contributed by atoms with E-state index in [0.717, 1.165) is 16.7 Å². The van der Waals surface area contributed by atoms with Crippen LogP contribution in [-0.4, -0.2) is 45.7 Å². The van der Waals surface area contributed by atoms with Gasteiger partial charge in [0.2, 0.25) is 5.60 Å². The number of carbonyl (C=O) groups is 2. The van der Waals surface area contributed by atoms with Gasteiger partial charge in [-0.1, -0.05) is 71.4 Å². The zero-order chi connectivity index (χ0) is 26.9. The Balaban J connectivity index is 1.82. The van der Waals surface area contributed by atoms with Gasteiger partial charge in [0.25, 0.3) is 5.91 Å². The molecule has 1 heterocycles. The summed E-state index contributed by atoms with van der Waals surface area (Å²) in [7, 11) is 0. The lowest BCUT2D eigenvalue weighted by Crippen LogP contribution is -2.43. The molecule has 0 spiro atoms. The minimum absolute atomic E-state index is 0.0946. The van der Waals surface area contributed by atoms with Crippen molar-refractivity contribution in [3.05, 3.63) is 70.8 Å². The molecule has 0 bridgehead atoms. The average Bonchev–Trinajstić information content (AvgIpc) is 2.78. The minimum Gasteiger partial charge on any atom is -0.507 e. The topological polar surface area (TPSA) is 87.1 Å². The minimum atomic E-state index is -1.40. The van der Waals surface area contributed by atoms with E-state index in [-0.39, 0.29) is 28.9 Å². The molecule has 2 aromatic carbocycles. The smallest absolute Gasteiger partial charge is 0.348 e. The molecule has 6 heteroatoms. The summed E-state index contributed by atoms with van der Waals surface area (Å²) in [5, 5.41) is 20.9. The Kier molecular flexibility index (Phi) is 7.58. The Morgan fingerprint density at radius 1 is 0.944 bits per heavy atom. The molecule has 0 saturated carbocycles. The molecule has 0 aliphatic carbocycles. The number of aromatic hydroxyl groups is 1. The molecule has 0 aromatic heterocycles. The van der Waals surface area contributed by atoms with E-state index in [1.807, 2.05) is 53.7 Å². The average molecular weight is 494 g/mol. The van der Waals surface area contributed by atoms with Crippen LogP contribution in [0.5, 0.6) is 11.5 Å². The molecule has 36 heavy (non-hydrogen) atoms. The van der Waals surface area contributed by atoms with Crippen molar-refractivity contribution in [1.82, 2.24) is 4.90 Å². The van der Waals surface area contributed by atoms with E-state index in [9.17, 15) is 19.8 Å². The lowest BCUT2D eigenvalue weighted by molar-refractivity contribution is -0.153. The van der Waals surface area contributed by atoms with Crippen molar-refractivity contribution >= 4 is 11.9 Å². The van der Waals surface area contributed by atoms with Crippen molar-refractivity contribution in [2.24, 2.45) is 0 Å². The predicted molar refractivity (Wildman–Crippen MR) is 142 cm³/mol. The van der Waals surface area contributed by atoms with Crippen LogP contribution < -0.4 is 4.74 Å². The highest BCUT2D eigenvalue weighted by atomic mass is 16.5. The van der Waals surface area contributed by atoms with E-state index in [4.69, 9.17) is 4.74 Å². The Morgan fingerprint density at radius 2 is 1.50 bits per heavy atom. The summed E-state index contributed by atoms with van der Waals surface area (Å²) in [5.74, 6) is -0.367. The predicted octanol–water partition coefficient (Wildman–Crippen LogP) is 6.07. The molecule has 3 rings (SSSR count). The Hall–Kier alpha value is -3.28. The zero-order valence-electron chi connectivity index (χ0n) is 22.5. The van der Waals surface area contributed by atoms with Gasteiger partial charge in [-0.3, -0.25) is 4.79 Å². The highest BCUT2D eigenvalue weighted by Crippen LogP contribution is 2.40. The molecule has 6 nitrogen and oxygen atoms in total. The molecule has 0 fully saturated rings. The number of para-hydroxylation sites is 1. The molecule has 2 N–H and O–H groups in total. The molecule has 1 aliphatic heterocycles. The molecule has 0 saturated heterocycles. The molecular weight excluding hydrogens is 454 g/mol. The molecular formula is C30H39NO5. The quantitative estimate of drug-likeness (QED) is 0.477. The fourth-order valence-corrected chi connectivity index (χ4v) is 4.48. The van der Waals surface area contributed by atoms with Gasteiger partial charge in [-0.25, -0.2) is 4.79 Å². The first-order chi connectivity index (χ1) is 16.6. The maximum absolute atomic E-state index is 13.5. The van der Waals surface area contributed by atoms with E-state index in [1.165, 1.54) is 0 Å². The van der Waals surface area contributed by atoms with Gasteiger partial charge in [-0.2, -0.15) is 0 Å². The van der Waals surface area contributed by atoms with Crippen LogP contribution in [0.2, 0.25) is 0 Å². The number of phenols is 1. The number of amides is 1. The third-order valence-electron chi connectivity index (χ3n) is 6.67. The summed E-state index contributed by atoms with van der Waals surface area (Å²) in [6, 6.07) is 12.6. The van der Waals surface area contributed by atoms with Crippen LogP contribution >= 0.6 is 0 Å². The second-order valence-electron chi connectivity index (χ2n) is 11.9. The number of hydrogen-bond donors (Lipinski definition) is 2. The van der Waals surface area contributed by atoms with Gasteiger partial charge in [0.1, 0.15) is 11.5 Å². The van der Waals surface area contributed by atoms with Crippen molar-refractivity contribution in [1.29, 1.82) is 0 Å². The van der Waals surface area contributed by atoms with E-state index >= 15 is 0 Å². The van der Waals surface area contributed by atoms with Crippen LogP contribution in [0.15, 0.2) is 54.1 Å². The highest BCUT2D eigenvalue weighted by Gasteiger charge is 2.37. The van der Waals surface area contributed by atoms with Gasteiger partial charge in [0.15, 0.2) is 0 Å². The van der Waals surface area contributed by atoms with Crippen molar-refractivity contribution in [2.45, 2.75) is 77.7 Å². The largest absolute Gasteiger partial charge is 0.507 e. The van der Waals surface area contributed by atoms with Gasteiger partial charge < -0.3 is 19.8 Å². The third-order valence-corrected chi connectivity index (χ3v) is 6.67. The number of benzene rings is 2. The van der Waals surface area contributed by atoms with E-state index < -0.39 is 11.6 Å². The van der Waals surface area contributed by atoms with E-state index in [1.54, 1.807) is 48.2 Å². The monoisotopic (exact) mass is 493 g/mol. The van der Waals surface area contributed by atoms with Crippen molar-refractivity contribution in [3.8, 4) is 11.5 Å². The van der Waals surface area contributed by atoms with Crippen molar-refractivity contribution in [3.63, 3.8) is 0 Å². The van der Waals surface area contributed by atoms with Crippen molar-refractivity contribution < 1.29 is 24.5 Å². The molecule has 1 atom stereocenters. The van der Waals surface area contributed by atoms with Gasteiger partial charge in [0, 0.05) is 36.2 Å². The van der Waals surface area contributed by atoms with Crippen molar-refractivity contribution in [2.75, 3.05) is 13.1 Å². The number of rotatable bonds is 6. The number of carboxylic acid groups (broad SMARTS) is 1. The zero-order valence-corrected chi connectivity index (χ0v) is 22.5. The molecule has 194 valence electrons. The molecule has 1 amide bonds. The first kappa shape index (κ1) is 27.3. The van der Waals surface area contributed by atoms with E-state index in [2.05, 4.69) is 0 Å². The van der Waals surface area contributed by atoms with Gasteiger partial charge in [-0.15, -0.1) is 0 Å². The number of aliphatic carboxylic acids is 1. The van der Waals surface area contributed by atoms with Gasteiger partial charge in [-0.05, 0) is 48.4 Å². The molecule has 0 radical (unpaired) electrons. The van der Waals surface area contributed by atoms with Crippen LogP contribution in [-0.2, 0) is 15.6 Å².